The topological polar surface area (TPSA) is 92.8 Å². The number of nitrogens with zero attached hydrogens (tertiary/aromatic N) is 3. The van der Waals surface area contributed by atoms with E-state index in [1.54, 1.807) is 0 Å². The van der Waals surface area contributed by atoms with E-state index in [9.17, 15) is 4.79 Å². The fourth-order valence-corrected chi connectivity index (χ4v) is 1.36. The minimum atomic E-state index is -0.311. The highest BCUT2D eigenvalue weighted by molar-refractivity contribution is 5.90. The first-order chi connectivity index (χ1) is 6.86. The quantitative estimate of drug-likeness (QED) is 0.641. The van der Waals surface area contributed by atoms with Crippen molar-refractivity contribution in [2.24, 2.45) is 0 Å². The molecule has 0 bridgehead atoms. The number of aromatic amines is 1. The van der Waals surface area contributed by atoms with E-state index in [4.69, 9.17) is 4.74 Å². The standard InChI is InChI=1S/C7H11N5O2/c13-7(6-9-11-12-10-6)8-5-2-1-3-14-4-5/h5H,1-4H2,(H,8,13)(H,9,10,11,12). The zero-order valence-corrected chi connectivity index (χ0v) is 7.56. The summed E-state index contributed by atoms with van der Waals surface area (Å²) in [4.78, 5) is 11.4. The lowest BCUT2D eigenvalue weighted by Gasteiger charge is -2.22. The summed E-state index contributed by atoms with van der Waals surface area (Å²) in [5.41, 5.74) is 0. The molecule has 1 aromatic rings. The number of carbonyl (C=O) groups excluding carboxylic acids is 1. The first kappa shape index (κ1) is 9.07. The Labute approximate surface area is 80.2 Å². The molecule has 1 fully saturated rings. The van der Waals surface area contributed by atoms with Crippen LogP contribution in [0.5, 0.6) is 0 Å². The Kier molecular flexibility index (Phi) is 2.68. The molecular formula is C7H11N5O2. The minimum absolute atomic E-state index is 0.0646. The maximum absolute atomic E-state index is 11.4. The van der Waals surface area contributed by atoms with Crippen molar-refractivity contribution in [3.63, 3.8) is 0 Å². The van der Waals surface area contributed by atoms with Gasteiger partial charge in [-0.25, -0.2) is 0 Å². The van der Waals surface area contributed by atoms with Crippen LogP contribution in [0.25, 0.3) is 0 Å². The van der Waals surface area contributed by atoms with Crippen LogP contribution in [-0.4, -0.2) is 45.8 Å². The lowest BCUT2D eigenvalue weighted by molar-refractivity contribution is 0.0619. The normalized spacial score (nSPS) is 21.9. The number of carbonyl (C=O) groups is 1. The Morgan fingerprint density at radius 3 is 3.21 bits per heavy atom. The molecule has 1 amide bonds. The van der Waals surface area contributed by atoms with Crippen LogP contribution in [0.2, 0.25) is 0 Å². The molecule has 7 heteroatoms. The number of hydrogen-bond acceptors (Lipinski definition) is 5. The zero-order valence-electron chi connectivity index (χ0n) is 7.56. The van der Waals surface area contributed by atoms with E-state index in [1.165, 1.54) is 0 Å². The fraction of sp³-hybridized carbons (Fsp3) is 0.714. The highest BCUT2D eigenvalue weighted by Crippen LogP contribution is 2.05. The second kappa shape index (κ2) is 4.14. The molecule has 0 aliphatic carbocycles. The van der Waals surface area contributed by atoms with Crippen LogP contribution in [0.4, 0.5) is 0 Å². The predicted molar refractivity (Wildman–Crippen MR) is 45.5 cm³/mol. The van der Waals surface area contributed by atoms with E-state index in [0.29, 0.717) is 6.61 Å². The Bertz CT molecular complexity index is 293. The largest absolute Gasteiger partial charge is 0.379 e. The molecule has 0 aromatic carbocycles. The third-order valence-corrected chi connectivity index (χ3v) is 2.04. The summed E-state index contributed by atoms with van der Waals surface area (Å²) in [6.45, 7) is 1.33. The van der Waals surface area contributed by atoms with Crippen LogP contribution < -0.4 is 5.32 Å². The fourth-order valence-electron chi connectivity index (χ4n) is 1.36. The summed E-state index contributed by atoms with van der Waals surface area (Å²) in [6.07, 6.45) is 1.90. The molecule has 1 saturated heterocycles. The molecule has 1 aliphatic rings. The van der Waals surface area contributed by atoms with Crippen molar-refractivity contribution in [1.82, 2.24) is 25.9 Å². The minimum Gasteiger partial charge on any atom is -0.379 e. The SMILES string of the molecule is O=C(NC1CCCOC1)c1nn[nH]n1. The van der Waals surface area contributed by atoms with Gasteiger partial charge >= 0.3 is 0 Å². The monoisotopic (exact) mass is 197 g/mol. The lowest BCUT2D eigenvalue weighted by Crippen LogP contribution is -2.41. The predicted octanol–water partition coefficient (Wildman–Crippen LogP) is -0.892. The van der Waals surface area contributed by atoms with Gasteiger partial charge in [0.05, 0.1) is 12.6 Å². The zero-order chi connectivity index (χ0) is 9.80. The molecule has 2 rings (SSSR count). The number of ether oxygens (including phenoxy) is 1. The van der Waals surface area contributed by atoms with Gasteiger partial charge in [-0.05, 0) is 18.1 Å². The molecule has 2 N–H and O–H groups in total. The van der Waals surface area contributed by atoms with Crippen LogP contribution in [0.1, 0.15) is 23.5 Å². The first-order valence-corrected chi connectivity index (χ1v) is 4.48. The summed E-state index contributed by atoms with van der Waals surface area (Å²) in [6, 6.07) is 0.0646. The molecule has 14 heavy (non-hydrogen) atoms. The van der Waals surface area contributed by atoms with E-state index in [1.807, 2.05) is 0 Å². The third-order valence-electron chi connectivity index (χ3n) is 2.04. The number of hydrogen-bond donors (Lipinski definition) is 2. The van der Waals surface area contributed by atoms with Gasteiger partial charge in [0.2, 0.25) is 0 Å². The van der Waals surface area contributed by atoms with E-state index in [-0.39, 0.29) is 17.8 Å². The number of amides is 1. The average Bonchev–Trinajstić information content (AvgIpc) is 2.72. The number of tetrazole rings is 1. The summed E-state index contributed by atoms with van der Waals surface area (Å²) in [7, 11) is 0. The van der Waals surface area contributed by atoms with Crippen LogP contribution in [0.15, 0.2) is 0 Å². The molecule has 1 aliphatic heterocycles. The Morgan fingerprint density at radius 2 is 2.57 bits per heavy atom. The number of rotatable bonds is 2. The molecule has 7 nitrogen and oxygen atoms in total. The van der Waals surface area contributed by atoms with Crippen molar-refractivity contribution in [3.05, 3.63) is 5.82 Å². The molecule has 76 valence electrons. The molecular weight excluding hydrogens is 186 g/mol. The molecule has 1 unspecified atom stereocenters. The van der Waals surface area contributed by atoms with Crippen LogP contribution >= 0.6 is 0 Å². The van der Waals surface area contributed by atoms with Crippen LogP contribution in [-0.2, 0) is 4.74 Å². The number of aromatic nitrogens is 4. The highest BCUT2D eigenvalue weighted by Gasteiger charge is 2.19. The third kappa shape index (κ3) is 2.05. The first-order valence-electron chi connectivity index (χ1n) is 4.48. The summed E-state index contributed by atoms with van der Waals surface area (Å²) in [5.74, 6) is -0.246. The molecule has 2 heterocycles. The Balaban J connectivity index is 1.87. The van der Waals surface area contributed by atoms with Gasteiger partial charge in [-0.3, -0.25) is 4.79 Å². The Morgan fingerprint density at radius 1 is 1.64 bits per heavy atom. The van der Waals surface area contributed by atoms with Gasteiger partial charge in [0, 0.05) is 6.61 Å². The van der Waals surface area contributed by atoms with Crippen molar-refractivity contribution in [2.45, 2.75) is 18.9 Å². The second-order valence-electron chi connectivity index (χ2n) is 3.12. The molecule has 1 atom stereocenters. The van der Waals surface area contributed by atoms with Gasteiger partial charge in [-0.1, -0.05) is 0 Å². The van der Waals surface area contributed by atoms with Crippen LogP contribution in [0, 0.1) is 0 Å². The van der Waals surface area contributed by atoms with Gasteiger partial charge in [-0.2, -0.15) is 5.21 Å². The van der Waals surface area contributed by atoms with Gasteiger partial charge < -0.3 is 10.1 Å². The van der Waals surface area contributed by atoms with Crippen molar-refractivity contribution in [3.8, 4) is 0 Å². The van der Waals surface area contributed by atoms with Crippen molar-refractivity contribution >= 4 is 5.91 Å². The van der Waals surface area contributed by atoms with Gasteiger partial charge in [0.25, 0.3) is 11.7 Å². The lowest BCUT2D eigenvalue weighted by atomic mass is 10.1. The number of nitrogens with one attached hydrogen (secondary N) is 2. The number of H-pyrrole nitrogens is 1. The molecule has 0 spiro atoms. The maximum Gasteiger partial charge on any atom is 0.293 e. The smallest absolute Gasteiger partial charge is 0.293 e. The van der Waals surface area contributed by atoms with Gasteiger partial charge in [0.1, 0.15) is 0 Å². The van der Waals surface area contributed by atoms with Crippen LogP contribution in [0.3, 0.4) is 0 Å². The van der Waals surface area contributed by atoms with Gasteiger partial charge in [0.15, 0.2) is 0 Å². The second-order valence-corrected chi connectivity index (χ2v) is 3.12. The maximum atomic E-state index is 11.4. The van der Waals surface area contributed by atoms with E-state index in [0.717, 1.165) is 19.4 Å². The van der Waals surface area contributed by atoms with E-state index < -0.39 is 0 Å². The molecule has 0 saturated carbocycles. The van der Waals surface area contributed by atoms with Gasteiger partial charge in [-0.15, -0.1) is 10.2 Å². The summed E-state index contributed by atoms with van der Waals surface area (Å²) < 4.78 is 5.22. The molecule has 0 radical (unpaired) electrons. The summed E-state index contributed by atoms with van der Waals surface area (Å²) in [5, 5.41) is 15.5. The summed E-state index contributed by atoms with van der Waals surface area (Å²) >= 11 is 0. The molecule has 1 aromatic heterocycles. The van der Waals surface area contributed by atoms with E-state index >= 15 is 0 Å². The van der Waals surface area contributed by atoms with Crippen molar-refractivity contribution < 1.29 is 9.53 Å². The highest BCUT2D eigenvalue weighted by atomic mass is 16.5. The average molecular weight is 197 g/mol. The van der Waals surface area contributed by atoms with Crippen molar-refractivity contribution in [2.75, 3.05) is 13.2 Å². The Hall–Kier alpha value is -1.50. The van der Waals surface area contributed by atoms with E-state index in [2.05, 4.69) is 25.9 Å². The van der Waals surface area contributed by atoms with Crippen molar-refractivity contribution in [1.29, 1.82) is 0 Å².